The summed E-state index contributed by atoms with van der Waals surface area (Å²) in [6, 6.07) is 0. The van der Waals surface area contributed by atoms with Gasteiger partial charge in [-0.2, -0.15) is 0 Å². The van der Waals surface area contributed by atoms with Gasteiger partial charge in [-0.1, -0.05) is 34.1 Å². The summed E-state index contributed by atoms with van der Waals surface area (Å²) in [5.74, 6) is 0. The Morgan fingerprint density at radius 1 is 1.29 bits per heavy atom. The number of nitrogens with one attached hydrogen (secondary N) is 1. The van der Waals surface area contributed by atoms with Crippen molar-refractivity contribution < 1.29 is 14.6 Å². The van der Waals surface area contributed by atoms with E-state index in [4.69, 9.17) is 9.84 Å². The van der Waals surface area contributed by atoms with Gasteiger partial charge >= 0.3 is 0 Å². The van der Waals surface area contributed by atoms with E-state index in [1.807, 2.05) is 13.8 Å². The number of hydrogen-bond acceptors (Lipinski definition) is 3. The van der Waals surface area contributed by atoms with Gasteiger partial charge < -0.3 is 15.2 Å². The molecule has 0 aromatic carbocycles. The van der Waals surface area contributed by atoms with E-state index < -0.39 is 0 Å². The molecule has 0 rings (SSSR count). The Bertz CT molecular complexity index is 79.8. The summed E-state index contributed by atoms with van der Waals surface area (Å²) in [4.78, 5) is 9.62. The number of carbonyl (C=O) groups is 1. The molecule has 14 heavy (non-hydrogen) atoms. The molecule has 0 aliphatic rings. The topological polar surface area (TPSA) is 58.6 Å². The maximum absolute atomic E-state index is 9.62. The van der Waals surface area contributed by atoms with Crippen LogP contribution in [0.5, 0.6) is 0 Å². The zero-order chi connectivity index (χ0) is 11.7. The Balaban J connectivity index is -0.000000205. The number of aliphatic hydroxyl groups excluding tert-OH is 1. The molecule has 2 N–H and O–H groups in total. The van der Waals surface area contributed by atoms with Crippen molar-refractivity contribution in [3.8, 4) is 0 Å². The van der Waals surface area contributed by atoms with Crippen LogP contribution in [0.2, 0.25) is 0 Å². The van der Waals surface area contributed by atoms with E-state index in [-0.39, 0.29) is 6.61 Å². The third kappa shape index (κ3) is 42.3. The second kappa shape index (κ2) is 29.4. The molecular formula is C10H25NO3. The number of amides is 1. The van der Waals surface area contributed by atoms with Gasteiger partial charge in [-0.25, -0.2) is 0 Å². The Kier molecular flexibility index (Phi) is 40.0. The van der Waals surface area contributed by atoms with Crippen molar-refractivity contribution in [1.82, 2.24) is 5.32 Å². The average Bonchev–Trinajstić information content (AvgIpc) is 2.22. The number of aliphatic hydroxyl groups is 1. The van der Waals surface area contributed by atoms with E-state index >= 15 is 0 Å². The molecule has 0 atom stereocenters. The van der Waals surface area contributed by atoms with Crippen LogP contribution in [0, 0.1) is 0 Å². The fourth-order valence-electron chi connectivity index (χ4n) is 0.357. The minimum Gasteiger partial charge on any atom is -0.394 e. The highest BCUT2D eigenvalue weighted by Crippen LogP contribution is 1.68. The highest BCUT2D eigenvalue weighted by molar-refractivity contribution is 5.45. The van der Waals surface area contributed by atoms with Gasteiger partial charge in [0.05, 0.1) is 19.8 Å². The van der Waals surface area contributed by atoms with Gasteiger partial charge in [-0.15, -0.1) is 0 Å². The van der Waals surface area contributed by atoms with E-state index in [1.165, 1.54) is 6.42 Å². The van der Waals surface area contributed by atoms with Crippen molar-refractivity contribution in [2.45, 2.75) is 34.1 Å². The summed E-state index contributed by atoms with van der Waals surface area (Å²) in [6.45, 7) is 9.57. The first-order valence-electron chi connectivity index (χ1n) is 5.19. The van der Waals surface area contributed by atoms with E-state index in [9.17, 15) is 4.79 Å². The lowest BCUT2D eigenvalue weighted by molar-refractivity contribution is -0.109. The second-order valence-electron chi connectivity index (χ2n) is 2.12. The molecule has 1 amide bonds. The van der Waals surface area contributed by atoms with Crippen molar-refractivity contribution >= 4 is 6.41 Å². The van der Waals surface area contributed by atoms with Crippen LogP contribution in [-0.4, -0.2) is 37.9 Å². The maximum Gasteiger partial charge on any atom is 0.207 e. The molecule has 0 aliphatic heterocycles. The van der Waals surface area contributed by atoms with Crippen molar-refractivity contribution in [2.75, 3.05) is 26.4 Å². The minimum absolute atomic E-state index is 0.0289. The molecule has 0 aromatic rings. The Hall–Kier alpha value is -0.610. The minimum atomic E-state index is 0.0289. The molecule has 4 heteroatoms. The molecule has 0 unspecified atom stereocenters. The predicted molar refractivity (Wildman–Crippen MR) is 59.3 cm³/mol. The lowest BCUT2D eigenvalue weighted by Crippen LogP contribution is -2.18. The number of ether oxygens (including phenoxy) is 1. The van der Waals surface area contributed by atoms with E-state index in [2.05, 4.69) is 19.2 Å². The average molecular weight is 207 g/mol. The largest absolute Gasteiger partial charge is 0.394 e. The monoisotopic (exact) mass is 207 g/mol. The molecule has 0 radical (unpaired) electrons. The van der Waals surface area contributed by atoms with Gasteiger partial charge in [0.1, 0.15) is 0 Å². The van der Waals surface area contributed by atoms with Gasteiger partial charge in [0.15, 0.2) is 0 Å². The first kappa shape index (κ1) is 19.0. The van der Waals surface area contributed by atoms with Crippen LogP contribution in [0.25, 0.3) is 0 Å². The highest BCUT2D eigenvalue weighted by atomic mass is 16.5. The van der Waals surface area contributed by atoms with Gasteiger partial charge in [0, 0.05) is 6.54 Å². The standard InChI is InChI=1S/C5H11NO3.C3H8.C2H6/c7-2-4-9-3-1-6-5-8;1-3-2;1-2/h5,7H,1-4H2,(H,6,8);3H2,1-2H3;1-2H3. The lowest BCUT2D eigenvalue weighted by Gasteiger charge is -1.98. The van der Waals surface area contributed by atoms with Crippen LogP contribution in [-0.2, 0) is 9.53 Å². The normalized spacial score (nSPS) is 7.50. The van der Waals surface area contributed by atoms with Crippen molar-refractivity contribution in [3.63, 3.8) is 0 Å². The predicted octanol–water partition coefficient (Wildman–Crippen LogP) is 1.18. The van der Waals surface area contributed by atoms with Crippen LogP contribution in [0.4, 0.5) is 0 Å². The zero-order valence-corrected chi connectivity index (χ0v) is 9.88. The Labute approximate surface area is 87.7 Å². The zero-order valence-electron chi connectivity index (χ0n) is 9.88. The van der Waals surface area contributed by atoms with Gasteiger partial charge in [0.25, 0.3) is 0 Å². The molecule has 0 spiro atoms. The van der Waals surface area contributed by atoms with E-state index in [0.29, 0.717) is 26.2 Å². The summed E-state index contributed by atoms with van der Waals surface area (Å²) in [7, 11) is 0. The summed E-state index contributed by atoms with van der Waals surface area (Å²) in [5, 5.41) is 10.6. The Morgan fingerprint density at radius 3 is 2.14 bits per heavy atom. The third-order valence-electron chi connectivity index (χ3n) is 0.710. The fourth-order valence-corrected chi connectivity index (χ4v) is 0.357. The molecular weight excluding hydrogens is 182 g/mol. The molecule has 88 valence electrons. The fraction of sp³-hybridized carbons (Fsp3) is 0.900. The van der Waals surface area contributed by atoms with Crippen LogP contribution in [0.1, 0.15) is 34.1 Å². The SMILES string of the molecule is CC.CCC.O=CNCCOCCO. The first-order chi connectivity index (χ1) is 6.83. The third-order valence-corrected chi connectivity index (χ3v) is 0.710. The lowest BCUT2D eigenvalue weighted by atomic mass is 10.6. The van der Waals surface area contributed by atoms with Crippen LogP contribution in [0.3, 0.4) is 0 Å². The van der Waals surface area contributed by atoms with Gasteiger partial charge in [0.2, 0.25) is 6.41 Å². The van der Waals surface area contributed by atoms with Crippen LogP contribution < -0.4 is 5.32 Å². The highest BCUT2D eigenvalue weighted by Gasteiger charge is 1.83. The second-order valence-corrected chi connectivity index (χ2v) is 2.12. The number of rotatable bonds is 6. The first-order valence-corrected chi connectivity index (χ1v) is 5.19. The molecule has 0 bridgehead atoms. The smallest absolute Gasteiger partial charge is 0.207 e. The van der Waals surface area contributed by atoms with Gasteiger partial charge in [-0.3, -0.25) is 4.79 Å². The molecule has 0 aromatic heterocycles. The number of hydrogen-bond donors (Lipinski definition) is 2. The molecule has 0 heterocycles. The summed E-state index contributed by atoms with van der Waals surface area (Å²) >= 11 is 0. The van der Waals surface area contributed by atoms with Crippen molar-refractivity contribution in [2.24, 2.45) is 0 Å². The summed E-state index contributed by atoms with van der Waals surface area (Å²) in [5.41, 5.74) is 0. The molecule has 0 aliphatic carbocycles. The van der Waals surface area contributed by atoms with Crippen LogP contribution >= 0.6 is 0 Å². The summed E-state index contributed by atoms with van der Waals surface area (Å²) < 4.78 is 4.81. The quantitative estimate of drug-likeness (QED) is 0.508. The molecule has 0 saturated heterocycles. The molecule has 4 nitrogen and oxygen atoms in total. The van der Waals surface area contributed by atoms with E-state index in [0.717, 1.165) is 0 Å². The van der Waals surface area contributed by atoms with Gasteiger partial charge in [-0.05, 0) is 0 Å². The van der Waals surface area contributed by atoms with Crippen LogP contribution in [0.15, 0.2) is 0 Å². The van der Waals surface area contributed by atoms with E-state index in [1.54, 1.807) is 0 Å². The maximum atomic E-state index is 9.62. The van der Waals surface area contributed by atoms with Crippen molar-refractivity contribution in [1.29, 1.82) is 0 Å². The molecule has 0 saturated carbocycles. The Morgan fingerprint density at radius 2 is 1.79 bits per heavy atom. The molecule has 0 fully saturated rings. The number of carbonyl (C=O) groups excluding carboxylic acids is 1. The summed E-state index contributed by atoms with van der Waals surface area (Å²) in [6.07, 6.45) is 1.86. The van der Waals surface area contributed by atoms with Crippen molar-refractivity contribution in [3.05, 3.63) is 0 Å².